The fraction of sp³-hybridized carbons (Fsp3) is 0.611. The summed E-state index contributed by atoms with van der Waals surface area (Å²) >= 11 is 0. The van der Waals surface area contributed by atoms with Crippen LogP contribution in [-0.2, 0) is 9.31 Å². The summed E-state index contributed by atoms with van der Waals surface area (Å²) in [6.07, 6.45) is 1.87. The molecule has 2 rings (SSSR count). The second-order valence-electron chi connectivity index (χ2n) is 7.40. The zero-order valence-corrected chi connectivity index (χ0v) is 15.7. The van der Waals surface area contributed by atoms with E-state index in [9.17, 15) is 0 Å². The van der Waals surface area contributed by atoms with Gasteiger partial charge >= 0.3 is 7.12 Å². The van der Waals surface area contributed by atoms with Crippen LogP contribution < -0.4 is 5.46 Å². The molecule has 0 spiro atoms. The number of rotatable bonds is 4. The monoisotopic (exact) mass is 316 g/mol. The highest BCUT2D eigenvalue weighted by atomic mass is 16.7. The Morgan fingerprint density at radius 2 is 1.65 bits per heavy atom. The first kappa shape index (κ1) is 18.0. The Balaban J connectivity index is 2.30. The van der Waals surface area contributed by atoms with Crippen molar-refractivity contribution in [2.75, 3.05) is 13.6 Å². The van der Waals surface area contributed by atoms with E-state index < -0.39 is 0 Å². The van der Waals surface area contributed by atoms with Crippen LogP contribution in [0.15, 0.2) is 17.1 Å². The van der Waals surface area contributed by atoms with Gasteiger partial charge in [-0.15, -0.1) is 0 Å². The molecule has 4 nitrogen and oxygen atoms in total. The highest BCUT2D eigenvalue weighted by Gasteiger charge is 2.52. The number of aryl methyl sites for hydroxylation is 2. The lowest BCUT2D eigenvalue weighted by Gasteiger charge is -2.32. The number of nitrogens with zero attached hydrogens (tertiary/aromatic N) is 2. The van der Waals surface area contributed by atoms with Gasteiger partial charge in [-0.05, 0) is 71.1 Å². The standard InChI is InChI=1S/C18H29BN2O2/c1-9-21(8)12-20-16-11-13(2)15(10-14(16)3)19-22-17(4,5)18(6,7)23-19/h10-12H,9H2,1-8H3/b20-12-. The largest absolute Gasteiger partial charge is 0.495 e. The highest BCUT2D eigenvalue weighted by Crippen LogP contribution is 2.37. The van der Waals surface area contributed by atoms with Crippen LogP contribution in [0.4, 0.5) is 5.69 Å². The van der Waals surface area contributed by atoms with Crippen LogP contribution in [0.3, 0.4) is 0 Å². The van der Waals surface area contributed by atoms with Gasteiger partial charge in [0.25, 0.3) is 0 Å². The lowest BCUT2D eigenvalue weighted by atomic mass is 9.75. The van der Waals surface area contributed by atoms with Crippen LogP contribution in [0, 0.1) is 13.8 Å². The predicted octanol–water partition coefficient (Wildman–Crippen LogP) is 3.21. The van der Waals surface area contributed by atoms with Crippen LogP contribution in [0.25, 0.3) is 0 Å². The molecule has 1 fully saturated rings. The van der Waals surface area contributed by atoms with Gasteiger partial charge < -0.3 is 14.2 Å². The van der Waals surface area contributed by atoms with E-state index in [2.05, 4.69) is 70.5 Å². The number of hydrogen-bond donors (Lipinski definition) is 0. The average Bonchev–Trinajstić information content (AvgIpc) is 2.67. The van der Waals surface area contributed by atoms with Crippen molar-refractivity contribution >= 4 is 24.6 Å². The smallest absolute Gasteiger partial charge is 0.399 e. The SMILES string of the molecule is CCN(C)/C=N\c1cc(C)c(B2OC(C)(C)C(C)(C)O2)cc1C. The van der Waals surface area contributed by atoms with Gasteiger partial charge in [0.15, 0.2) is 0 Å². The van der Waals surface area contributed by atoms with Gasteiger partial charge in [-0.3, -0.25) is 0 Å². The fourth-order valence-corrected chi connectivity index (χ4v) is 2.43. The molecule has 0 unspecified atom stereocenters. The predicted molar refractivity (Wildman–Crippen MR) is 98.1 cm³/mol. The Bertz CT molecular complexity index is 595. The first-order valence-electron chi connectivity index (χ1n) is 8.28. The van der Waals surface area contributed by atoms with Gasteiger partial charge in [0.2, 0.25) is 0 Å². The molecule has 1 saturated heterocycles. The van der Waals surface area contributed by atoms with Crippen molar-refractivity contribution in [2.24, 2.45) is 4.99 Å². The molecule has 1 heterocycles. The van der Waals surface area contributed by atoms with E-state index in [0.29, 0.717) is 0 Å². The molecule has 23 heavy (non-hydrogen) atoms. The lowest BCUT2D eigenvalue weighted by molar-refractivity contribution is 0.00578. The number of hydrogen-bond acceptors (Lipinski definition) is 3. The lowest BCUT2D eigenvalue weighted by Crippen LogP contribution is -2.41. The Morgan fingerprint density at radius 1 is 1.09 bits per heavy atom. The molecule has 0 radical (unpaired) electrons. The molecular weight excluding hydrogens is 287 g/mol. The molecular formula is C18H29BN2O2. The van der Waals surface area contributed by atoms with E-state index in [1.54, 1.807) is 0 Å². The summed E-state index contributed by atoms with van der Waals surface area (Å²) in [5.74, 6) is 0. The fourth-order valence-electron chi connectivity index (χ4n) is 2.43. The van der Waals surface area contributed by atoms with Gasteiger partial charge in [0, 0.05) is 13.6 Å². The second-order valence-corrected chi connectivity index (χ2v) is 7.40. The third kappa shape index (κ3) is 3.61. The summed E-state index contributed by atoms with van der Waals surface area (Å²) < 4.78 is 12.3. The summed E-state index contributed by atoms with van der Waals surface area (Å²) in [7, 11) is 1.69. The Hall–Kier alpha value is -1.33. The minimum Gasteiger partial charge on any atom is -0.399 e. The van der Waals surface area contributed by atoms with Crippen molar-refractivity contribution in [3.05, 3.63) is 23.3 Å². The number of aliphatic imine (C=N–C) groups is 1. The topological polar surface area (TPSA) is 34.1 Å². The first-order chi connectivity index (χ1) is 10.6. The van der Waals surface area contributed by atoms with Crippen LogP contribution in [0.1, 0.15) is 45.7 Å². The maximum atomic E-state index is 6.17. The van der Waals surface area contributed by atoms with Crippen molar-refractivity contribution in [2.45, 2.75) is 59.7 Å². The molecule has 0 amide bonds. The van der Waals surface area contributed by atoms with Crippen molar-refractivity contribution in [3.8, 4) is 0 Å². The summed E-state index contributed by atoms with van der Waals surface area (Å²) in [4.78, 5) is 6.63. The average molecular weight is 316 g/mol. The van der Waals surface area contributed by atoms with Crippen molar-refractivity contribution in [1.29, 1.82) is 0 Å². The Kier molecular flexibility index (Phi) is 4.93. The number of benzene rings is 1. The van der Waals surface area contributed by atoms with E-state index in [0.717, 1.165) is 28.8 Å². The molecule has 0 saturated carbocycles. The quantitative estimate of drug-likeness (QED) is 0.486. The molecule has 0 atom stereocenters. The Morgan fingerprint density at radius 3 is 2.17 bits per heavy atom. The minimum absolute atomic E-state index is 0.321. The summed E-state index contributed by atoms with van der Waals surface area (Å²) in [5, 5.41) is 0. The van der Waals surface area contributed by atoms with Crippen molar-refractivity contribution in [1.82, 2.24) is 4.90 Å². The molecule has 126 valence electrons. The van der Waals surface area contributed by atoms with Crippen LogP contribution in [0.5, 0.6) is 0 Å². The van der Waals surface area contributed by atoms with Crippen molar-refractivity contribution < 1.29 is 9.31 Å². The minimum atomic E-state index is -0.324. The van der Waals surface area contributed by atoms with Gasteiger partial charge in [-0.25, -0.2) is 4.99 Å². The zero-order valence-electron chi connectivity index (χ0n) is 15.7. The van der Waals surface area contributed by atoms with E-state index in [1.165, 1.54) is 0 Å². The van der Waals surface area contributed by atoms with Gasteiger partial charge in [0.1, 0.15) is 0 Å². The van der Waals surface area contributed by atoms with Crippen LogP contribution in [-0.4, -0.2) is 43.2 Å². The molecule has 5 heteroatoms. The molecule has 1 aromatic rings. The molecule has 0 bridgehead atoms. The summed E-state index contributed by atoms with van der Waals surface area (Å²) in [6, 6.07) is 4.24. The molecule has 0 aliphatic carbocycles. The molecule has 1 aromatic carbocycles. The van der Waals surface area contributed by atoms with Crippen molar-refractivity contribution in [3.63, 3.8) is 0 Å². The maximum Gasteiger partial charge on any atom is 0.495 e. The third-order valence-electron chi connectivity index (χ3n) is 4.98. The van der Waals surface area contributed by atoms with E-state index >= 15 is 0 Å². The summed E-state index contributed by atoms with van der Waals surface area (Å²) in [6.45, 7) is 15.5. The van der Waals surface area contributed by atoms with E-state index in [1.807, 2.05) is 13.4 Å². The van der Waals surface area contributed by atoms with Crippen LogP contribution >= 0.6 is 0 Å². The summed E-state index contributed by atoms with van der Waals surface area (Å²) in [5.41, 5.74) is 3.70. The van der Waals surface area contributed by atoms with Gasteiger partial charge in [-0.2, -0.15) is 0 Å². The van der Waals surface area contributed by atoms with E-state index in [-0.39, 0.29) is 18.3 Å². The normalized spacial score (nSPS) is 19.6. The molecule has 1 aliphatic heterocycles. The Labute approximate surface area is 141 Å². The zero-order chi connectivity index (χ0) is 17.4. The third-order valence-corrected chi connectivity index (χ3v) is 4.98. The maximum absolute atomic E-state index is 6.17. The first-order valence-corrected chi connectivity index (χ1v) is 8.28. The van der Waals surface area contributed by atoms with E-state index in [4.69, 9.17) is 9.31 Å². The highest BCUT2D eigenvalue weighted by molar-refractivity contribution is 6.62. The molecule has 0 N–H and O–H groups in total. The molecule has 1 aliphatic rings. The van der Waals surface area contributed by atoms with Gasteiger partial charge in [0.05, 0.1) is 23.2 Å². The van der Waals surface area contributed by atoms with Gasteiger partial charge in [-0.1, -0.05) is 6.07 Å². The second kappa shape index (κ2) is 6.29. The molecule has 0 aromatic heterocycles. The van der Waals surface area contributed by atoms with Crippen LogP contribution in [0.2, 0.25) is 0 Å².